The monoisotopic (exact) mass is 409 g/mol. The summed E-state index contributed by atoms with van der Waals surface area (Å²) in [4.78, 5) is 14.4. The lowest BCUT2D eigenvalue weighted by atomic mass is 9.96. The topological polar surface area (TPSA) is 88.2 Å². The number of rotatable bonds is 3. The van der Waals surface area contributed by atoms with Gasteiger partial charge in [-0.15, -0.1) is 0 Å². The molecule has 2 heterocycles. The summed E-state index contributed by atoms with van der Waals surface area (Å²) in [5.41, 5.74) is 0. The van der Waals surface area contributed by atoms with Gasteiger partial charge >= 0.3 is 6.03 Å². The van der Waals surface area contributed by atoms with E-state index in [-0.39, 0.29) is 30.1 Å². The second-order valence-corrected chi connectivity index (χ2v) is 9.42. The molecule has 1 saturated heterocycles. The van der Waals surface area contributed by atoms with Crippen LogP contribution in [0.5, 0.6) is 11.5 Å². The number of amides is 2. The van der Waals surface area contributed by atoms with E-state index in [1.54, 1.807) is 17.0 Å². The number of nitrogens with zero attached hydrogens (tertiary/aromatic N) is 2. The Morgan fingerprint density at radius 3 is 2.36 bits per heavy atom. The SMILES string of the molecule is O=C(NC1CCCCC1)N1CCN(S(=O)(=O)c2ccc3c(c2)OCCO3)CC1. The molecule has 28 heavy (non-hydrogen) atoms. The van der Waals surface area contributed by atoms with Crippen LogP contribution in [0, 0.1) is 0 Å². The summed E-state index contributed by atoms with van der Waals surface area (Å²) in [5.74, 6) is 1.02. The summed E-state index contributed by atoms with van der Waals surface area (Å²) >= 11 is 0. The molecule has 2 fully saturated rings. The predicted octanol–water partition coefficient (Wildman–Crippen LogP) is 1.81. The van der Waals surface area contributed by atoms with Gasteiger partial charge in [0, 0.05) is 38.3 Å². The van der Waals surface area contributed by atoms with Crippen molar-refractivity contribution in [3.63, 3.8) is 0 Å². The maximum atomic E-state index is 13.0. The van der Waals surface area contributed by atoms with Gasteiger partial charge in [-0.05, 0) is 25.0 Å². The first-order chi connectivity index (χ1) is 13.5. The van der Waals surface area contributed by atoms with Crippen molar-refractivity contribution < 1.29 is 22.7 Å². The molecule has 1 aromatic carbocycles. The van der Waals surface area contributed by atoms with E-state index < -0.39 is 10.0 Å². The molecular formula is C19H27N3O5S. The number of carbonyl (C=O) groups is 1. The molecular weight excluding hydrogens is 382 g/mol. The Bertz CT molecular complexity index is 815. The number of fused-ring (bicyclic) bond motifs is 1. The average molecular weight is 410 g/mol. The van der Waals surface area contributed by atoms with Gasteiger partial charge in [-0.2, -0.15) is 4.31 Å². The Kier molecular flexibility index (Phi) is 5.63. The number of piperazine rings is 1. The fraction of sp³-hybridized carbons (Fsp3) is 0.632. The zero-order chi connectivity index (χ0) is 19.6. The molecule has 0 radical (unpaired) electrons. The van der Waals surface area contributed by atoms with Gasteiger partial charge in [0.25, 0.3) is 0 Å². The lowest BCUT2D eigenvalue weighted by Crippen LogP contribution is -2.54. The molecule has 9 heteroatoms. The minimum atomic E-state index is -3.63. The van der Waals surface area contributed by atoms with Crippen molar-refractivity contribution in [1.82, 2.24) is 14.5 Å². The third-order valence-electron chi connectivity index (χ3n) is 5.61. The molecule has 0 aromatic heterocycles. The Hall–Kier alpha value is -2.00. The second-order valence-electron chi connectivity index (χ2n) is 7.48. The molecule has 154 valence electrons. The molecule has 2 amide bonds. The Morgan fingerprint density at radius 1 is 0.964 bits per heavy atom. The smallest absolute Gasteiger partial charge is 0.317 e. The lowest BCUT2D eigenvalue weighted by Gasteiger charge is -2.35. The van der Waals surface area contributed by atoms with Crippen LogP contribution in [0.3, 0.4) is 0 Å². The zero-order valence-corrected chi connectivity index (χ0v) is 16.7. The number of hydrogen-bond donors (Lipinski definition) is 1. The van der Waals surface area contributed by atoms with Crippen LogP contribution in [0.25, 0.3) is 0 Å². The van der Waals surface area contributed by atoms with Crippen LogP contribution in [0.15, 0.2) is 23.1 Å². The summed E-state index contributed by atoms with van der Waals surface area (Å²) < 4.78 is 38.3. The van der Waals surface area contributed by atoms with Crippen LogP contribution in [0.1, 0.15) is 32.1 Å². The molecule has 2 aliphatic heterocycles. The molecule has 0 atom stereocenters. The number of nitrogens with one attached hydrogen (secondary N) is 1. The summed E-state index contributed by atoms with van der Waals surface area (Å²) in [6.45, 7) is 2.23. The standard InChI is InChI=1S/C19H27N3O5S/c23-19(20-15-4-2-1-3-5-15)21-8-10-22(11-9-21)28(24,25)16-6-7-17-18(14-16)27-13-12-26-17/h6-7,14-15H,1-5,8-13H2,(H,20,23). The normalized spacial score (nSPS) is 21.4. The van der Waals surface area contributed by atoms with Crippen LogP contribution in [-0.2, 0) is 10.0 Å². The largest absolute Gasteiger partial charge is 0.486 e. The van der Waals surface area contributed by atoms with Gasteiger partial charge in [-0.3, -0.25) is 0 Å². The highest BCUT2D eigenvalue weighted by Crippen LogP contribution is 2.33. The fourth-order valence-electron chi connectivity index (χ4n) is 3.98. The van der Waals surface area contributed by atoms with E-state index in [0.29, 0.717) is 37.8 Å². The van der Waals surface area contributed by atoms with Crippen molar-refractivity contribution in [2.24, 2.45) is 0 Å². The van der Waals surface area contributed by atoms with Crippen molar-refractivity contribution in [2.45, 2.75) is 43.0 Å². The van der Waals surface area contributed by atoms with E-state index in [9.17, 15) is 13.2 Å². The van der Waals surface area contributed by atoms with E-state index >= 15 is 0 Å². The number of urea groups is 1. The maximum Gasteiger partial charge on any atom is 0.317 e. The van der Waals surface area contributed by atoms with Crippen molar-refractivity contribution in [1.29, 1.82) is 0 Å². The molecule has 3 aliphatic rings. The van der Waals surface area contributed by atoms with Crippen LogP contribution in [0.2, 0.25) is 0 Å². The molecule has 0 unspecified atom stereocenters. The summed E-state index contributed by atoms with van der Waals surface area (Å²) in [5, 5.41) is 3.10. The first-order valence-electron chi connectivity index (χ1n) is 9.99. The minimum Gasteiger partial charge on any atom is -0.486 e. The van der Waals surface area contributed by atoms with Crippen molar-refractivity contribution >= 4 is 16.1 Å². The lowest BCUT2D eigenvalue weighted by molar-refractivity contribution is 0.166. The second kappa shape index (κ2) is 8.16. The molecule has 8 nitrogen and oxygen atoms in total. The molecule has 4 rings (SSSR count). The first-order valence-corrected chi connectivity index (χ1v) is 11.4. The molecule has 1 saturated carbocycles. The number of sulfonamides is 1. The minimum absolute atomic E-state index is 0.0803. The number of carbonyl (C=O) groups excluding carboxylic acids is 1. The molecule has 1 N–H and O–H groups in total. The van der Waals surface area contributed by atoms with E-state index in [4.69, 9.17) is 9.47 Å². The zero-order valence-electron chi connectivity index (χ0n) is 15.9. The number of hydrogen-bond acceptors (Lipinski definition) is 5. The van der Waals surface area contributed by atoms with E-state index in [1.807, 2.05) is 0 Å². The average Bonchev–Trinajstić information content (AvgIpc) is 2.74. The maximum absolute atomic E-state index is 13.0. The van der Waals surface area contributed by atoms with Gasteiger partial charge < -0.3 is 19.7 Å². The third-order valence-corrected chi connectivity index (χ3v) is 7.50. The van der Waals surface area contributed by atoms with Crippen molar-refractivity contribution in [2.75, 3.05) is 39.4 Å². The fourth-order valence-corrected chi connectivity index (χ4v) is 5.42. The summed E-state index contributed by atoms with van der Waals surface area (Å²) in [7, 11) is -3.63. The van der Waals surface area contributed by atoms with Gasteiger partial charge in [0.1, 0.15) is 13.2 Å². The van der Waals surface area contributed by atoms with Crippen LogP contribution >= 0.6 is 0 Å². The van der Waals surface area contributed by atoms with Gasteiger partial charge in [0.15, 0.2) is 11.5 Å². The number of ether oxygens (including phenoxy) is 2. The van der Waals surface area contributed by atoms with Crippen LogP contribution in [-0.4, -0.2) is 69.1 Å². The van der Waals surface area contributed by atoms with Gasteiger partial charge in [-0.25, -0.2) is 13.2 Å². The van der Waals surface area contributed by atoms with Gasteiger partial charge in [0.05, 0.1) is 4.90 Å². The van der Waals surface area contributed by atoms with Gasteiger partial charge in [0.2, 0.25) is 10.0 Å². The molecule has 0 bridgehead atoms. The quantitative estimate of drug-likeness (QED) is 0.823. The van der Waals surface area contributed by atoms with Gasteiger partial charge in [-0.1, -0.05) is 19.3 Å². The first kappa shape index (κ1) is 19.3. The van der Waals surface area contributed by atoms with E-state index in [0.717, 1.165) is 25.7 Å². The Labute approximate surface area is 165 Å². The van der Waals surface area contributed by atoms with Crippen molar-refractivity contribution in [3.8, 4) is 11.5 Å². The molecule has 1 aliphatic carbocycles. The highest BCUT2D eigenvalue weighted by atomic mass is 32.2. The van der Waals surface area contributed by atoms with Crippen molar-refractivity contribution in [3.05, 3.63) is 18.2 Å². The van der Waals surface area contributed by atoms with Crippen LogP contribution in [0.4, 0.5) is 4.79 Å². The summed E-state index contributed by atoms with van der Waals surface area (Å²) in [6.07, 6.45) is 5.62. The predicted molar refractivity (Wildman–Crippen MR) is 103 cm³/mol. The highest BCUT2D eigenvalue weighted by molar-refractivity contribution is 7.89. The van der Waals surface area contributed by atoms with E-state index in [1.165, 1.54) is 16.8 Å². The molecule has 1 aromatic rings. The third kappa shape index (κ3) is 4.05. The van der Waals surface area contributed by atoms with Crippen LogP contribution < -0.4 is 14.8 Å². The van der Waals surface area contributed by atoms with E-state index in [2.05, 4.69) is 5.32 Å². The molecule has 0 spiro atoms. The number of benzene rings is 1. The Balaban J connectivity index is 1.36. The summed E-state index contributed by atoms with van der Waals surface area (Å²) in [6, 6.07) is 4.87. The Morgan fingerprint density at radius 2 is 1.64 bits per heavy atom. The highest BCUT2D eigenvalue weighted by Gasteiger charge is 2.31.